The Labute approximate surface area is 131 Å². The quantitative estimate of drug-likeness (QED) is 0.922. The summed E-state index contributed by atoms with van der Waals surface area (Å²) < 4.78 is 5.05. The van der Waals surface area contributed by atoms with Gasteiger partial charge in [0.05, 0.1) is 11.7 Å². The normalized spacial score (nSPS) is 12.5. The van der Waals surface area contributed by atoms with Gasteiger partial charge in [-0.05, 0) is 51.9 Å². The van der Waals surface area contributed by atoms with Gasteiger partial charge in [0.25, 0.3) is 0 Å². The highest BCUT2D eigenvalue weighted by molar-refractivity contribution is 5.95. The molecule has 0 fully saturated rings. The van der Waals surface area contributed by atoms with Gasteiger partial charge < -0.3 is 9.84 Å². The molecule has 1 N–H and O–H groups in total. The summed E-state index contributed by atoms with van der Waals surface area (Å²) in [4.78, 5) is 14.4. The zero-order valence-corrected chi connectivity index (χ0v) is 13.8. The number of anilines is 1. The second-order valence-electron chi connectivity index (χ2n) is 5.83. The molecule has 0 spiro atoms. The van der Waals surface area contributed by atoms with Crippen LogP contribution in [0.2, 0.25) is 0 Å². The van der Waals surface area contributed by atoms with E-state index in [0.29, 0.717) is 6.54 Å². The average Bonchev–Trinajstić information content (AvgIpc) is 2.87. The van der Waals surface area contributed by atoms with E-state index >= 15 is 0 Å². The van der Waals surface area contributed by atoms with Gasteiger partial charge in [-0.15, -0.1) is 0 Å². The molecule has 1 aromatic heterocycles. The second kappa shape index (κ2) is 6.75. The molecule has 0 aliphatic carbocycles. The third-order valence-electron chi connectivity index (χ3n) is 3.78. The van der Waals surface area contributed by atoms with Crippen molar-refractivity contribution in [1.29, 1.82) is 0 Å². The fraction of sp³-hybridized carbons (Fsp3) is 0.412. The molecule has 0 bridgehead atoms. The first-order valence-corrected chi connectivity index (χ1v) is 7.37. The van der Waals surface area contributed by atoms with E-state index < -0.39 is 0 Å². The number of carbonyl (C=O) groups is 1. The molecule has 1 atom stereocenters. The molecule has 0 radical (unpaired) electrons. The molecule has 2 aromatic rings. The molecule has 1 heterocycles. The first kappa shape index (κ1) is 16.2. The smallest absolute Gasteiger partial charge is 0.241 e. The highest BCUT2D eigenvalue weighted by Crippen LogP contribution is 2.17. The third kappa shape index (κ3) is 3.95. The van der Waals surface area contributed by atoms with Gasteiger partial charge in [0, 0.05) is 18.3 Å². The van der Waals surface area contributed by atoms with Crippen LogP contribution in [-0.2, 0) is 11.3 Å². The van der Waals surface area contributed by atoms with Crippen LogP contribution in [0, 0.1) is 20.8 Å². The molecule has 0 aliphatic rings. The Kier molecular flexibility index (Phi) is 4.98. The summed E-state index contributed by atoms with van der Waals surface area (Å²) in [6, 6.07) is 7.65. The Morgan fingerprint density at radius 1 is 1.32 bits per heavy atom. The maximum absolute atomic E-state index is 12.4. The highest BCUT2D eigenvalue weighted by atomic mass is 16.5. The number of carbonyl (C=O) groups excluding carboxylic acids is 1. The predicted molar refractivity (Wildman–Crippen MR) is 86.7 cm³/mol. The fourth-order valence-electron chi connectivity index (χ4n) is 2.19. The highest BCUT2D eigenvalue weighted by Gasteiger charge is 2.19. The number of nitrogens with one attached hydrogen (secondary N) is 1. The molecular weight excluding hydrogens is 278 g/mol. The number of hydrogen-bond acceptors (Lipinski definition) is 4. The standard InChI is InChI=1S/C17H23N3O2/c1-11-6-7-12(2)16(8-11)18-17(21)14(4)20(5)10-15-9-13(3)22-19-15/h6-9,14H,10H2,1-5H3,(H,18,21). The van der Waals surface area contributed by atoms with Gasteiger partial charge in [-0.3, -0.25) is 9.69 Å². The number of hydrogen-bond donors (Lipinski definition) is 1. The molecule has 22 heavy (non-hydrogen) atoms. The Bertz CT molecular complexity index is 664. The van der Waals surface area contributed by atoms with Crippen LogP contribution in [0.3, 0.4) is 0 Å². The van der Waals surface area contributed by atoms with Gasteiger partial charge in [0.1, 0.15) is 5.76 Å². The van der Waals surface area contributed by atoms with Gasteiger partial charge in [-0.2, -0.15) is 0 Å². The minimum atomic E-state index is -0.267. The topological polar surface area (TPSA) is 58.4 Å². The summed E-state index contributed by atoms with van der Waals surface area (Å²) in [5.74, 6) is 0.743. The summed E-state index contributed by atoms with van der Waals surface area (Å²) in [6.45, 7) is 8.30. The lowest BCUT2D eigenvalue weighted by atomic mass is 10.1. The van der Waals surface area contributed by atoms with E-state index in [1.807, 2.05) is 63.9 Å². The largest absolute Gasteiger partial charge is 0.361 e. The summed E-state index contributed by atoms with van der Waals surface area (Å²) in [5.41, 5.74) is 3.87. The van der Waals surface area contributed by atoms with Crippen LogP contribution in [0.1, 0.15) is 29.5 Å². The molecule has 2 rings (SSSR count). The van der Waals surface area contributed by atoms with Gasteiger partial charge in [-0.1, -0.05) is 17.3 Å². The third-order valence-corrected chi connectivity index (χ3v) is 3.78. The Morgan fingerprint density at radius 3 is 2.68 bits per heavy atom. The fourth-order valence-corrected chi connectivity index (χ4v) is 2.19. The van der Waals surface area contributed by atoms with E-state index in [-0.39, 0.29) is 11.9 Å². The first-order valence-electron chi connectivity index (χ1n) is 7.37. The minimum absolute atomic E-state index is 0.0311. The maximum Gasteiger partial charge on any atom is 0.241 e. The van der Waals surface area contributed by atoms with Crippen LogP contribution in [0.15, 0.2) is 28.8 Å². The molecule has 0 aliphatic heterocycles. The zero-order chi connectivity index (χ0) is 16.3. The van der Waals surface area contributed by atoms with E-state index in [1.165, 1.54) is 0 Å². The molecule has 1 unspecified atom stereocenters. The molecule has 0 saturated carbocycles. The summed E-state index contributed by atoms with van der Waals surface area (Å²) >= 11 is 0. The lowest BCUT2D eigenvalue weighted by Crippen LogP contribution is -2.39. The van der Waals surface area contributed by atoms with Crippen LogP contribution in [0.5, 0.6) is 0 Å². The van der Waals surface area contributed by atoms with Crippen molar-refractivity contribution in [3.63, 3.8) is 0 Å². The molecule has 5 heteroatoms. The van der Waals surface area contributed by atoms with Crippen molar-refractivity contribution in [2.24, 2.45) is 0 Å². The minimum Gasteiger partial charge on any atom is -0.361 e. The number of rotatable bonds is 5. The van der Waals surface area contributed by atoms with Crippen molar-refractivity contribution in [1.82, 2.24) is 10.1 Å². The Morgan fingerprint density at radius 2 is 2.05 bits per heavy atom. The molecule has 118 valence electrons. The van der Waals surface area contributed by atoms with E-state index in [2.05, 4.69) is 10.5 Å². The van der Waals surface area contributed by atoms with Crippen molar-refractivity contribution in [3.8, 4) is 0 Å². The molecular formula is C17H23N3O2. The number of likely N-dealkylation sites (N-methyl/N-ethyl adjacent to an activating group) is 1. The maximum atomic E-state index is 12.4. The molecule has 5 nitrogen and oxygen atoms in total. The van der Waals surface area contributed by atoms with Crippen LogP contribution in [0.4, 0.5) is 5.69 Å². The van der Waals surface area contributed by atoms with Crippen molar-refractivity contribution in [3.05, 3.63) is 46.8 Å². The SMILES string of the molecule is Cc1ccc(C)c(NC(=O)C(C)N(C)Cc2cc(C)on2)c1. The number of aryl methyl sites for hydroxylation is 3. The van der Waals surface area contributed by atoms with Gasteiger partial charge in [0.2, 0.25) is 5.91 Å². The lowest BCUT2D eigenvalue weighted by Gasteiger charge is -2.23. The lowest BCUT2D eigenvalue weighted by molar-refractivity contribution is -0.120. The number of amides is 1. The predicted octanol–water partition coefficient (Wildman–Crippen LogP) is 3.06. The van der Waals surface area contributed by atoms with Crippen molar-refractivity contribution < 1.29 is 9.32 Å². The van der Waals surface area contributed by atoms with Gasteiger partial charge in [0.15, 0.2) is 0 Å². The average molecular weight is 301 g/mol. The monoisotopic (exact) mass is 301 g/mol. The Balaban J connectivity index is 2.00. The van der Waals surface area contributed by atoms with Crippen molar-refractivity contribution in [2.75, 3.05) is 12.4 Å². The van der Waals surface area contributed by atoms with E-state index in [4.69, 9.17) is 4.52 Å². The summed E-state index contributed by atoms with van der Waals surface area (Å²) in [5, 5.41) is 6.96. The van der Waals surface area contributed by atoms with E-state index in [1.54, 1.807) is 0 Å². The molecule has 1 amide bonds. The van der Waals surface area contributed by atoms with E-state index in [9.17, 15) is 4.79 Å². The van der Waals surface area contributed by atoms with Crippen LogP contribution in [0.25, 0.3) is 0 Å². The second-order valence-corrected chi connectivity index (χ2v) is 5.83. The first-order chi connectivity index (χ1) is 10.4. The molecule has 1 aromatic carbocycles. The zero-order valence-electron chi connectivity index (χ0n) is 13.8. The molecule has 0 saturated heterocycles. The summed E-state index contributed by atoms with van der Waals surface area (Å²) in [6.07, 6.45) is 0. The van der Waals surface area contributed by atoms with E-state index in [0.717, 1.165) is 28.3 Å². The number of benzene rings is 1. The van der Waals surface area contributed by atoms with Crippen LogP contribution in [-0.4, -0.2) is 29.1 Å². The van der Waals surface area contributed by atoms with Gasteiger partial charge >= 0.3 is 0 Å². The van der Waals surface area contributed by atoms with Crippen molar-refractivity contribution in [2.45, 2.75) is 40.3 Å². The van der Waals surface area contributed by atoms with Gasteiger partial charge in [-0.25, -0.2) is 0 Å². The van der Waals surface area contributed by atoms with Crippen molar-refractivity contribution >= 4 is 11.6 Å². The van der Waals surface area contributed by atoms with Crippen LogP contribution >= 0.6 is 0 Å². The Hall–Kier alpha value is -2.14. The summed E-state index contributed by atoms with van der Waals surface area (Å²) in [7, 11) is 1.90. The van der Waals surface area contributed by atoms with Crippen LogP contribution < -0.4 is 5.32 Å². The number of aromatic nitrogens is 1. The number of nitrogens with zero attached hydrogens (tertiary/aromatic N) is 2.